The molecule has 0 amide bonds. The van der Waals surface area contributed by atoms with Gasteiger partial charge in [0.05, 0.1) is 0 Å². The molecule has 0 N–H and O–H groups in total. The Morgan fingerprint density at radius 3 is 2.40 bits per heavy atom. The Hall–Kier alpha value is -1.37. The summed E-state index contributed by atoms with van der Waals surface area (Å²) in [5.41, 5.74) is 3.50. The van der Waals surface area contributed by atoms with Crippen molar-refractivity contribution in [2.45, 2.75) is 33.6 Å². The topological polar surface area (TPSA) is 12.4 Å². The first-order valence-corrected chi connectivity index (χ1v) is 5.57. The molecule has 1 rings (SSSR count). The second-order valence-electron chi connectivity index (χ2n) is 3.53. The molecular formula is C14H19N. The van der Waals surface area contributed by atoms with Crippen LogP contribution in [0.3, 0.4) is 0 Å². The fourth-order valence-electron chi connectivity index (χ4n) is 1.53. The van der Waals surface area contributed by atoms with Crippen LogP contribution in [0.4, 0.5) is 0 Å². The molecule has 15 heavy (non-hydrogen) atoms. The predicted octanol–water partition coefficient (Wildman–Crippen LogP) is 4.20. The lowest BCUT2D eigenvalue weighted by atomic mass is 10.1. The monoisotopic (exact) mass is 201 g/mol. The van der Waals surface area contributed by atoms with Crippen LogP contribution in [-0.2, 0) is 0 Å². The molecule has 0 atom stereocenters. The molecule has 0 aliphatic rings. The predicted molar refractivity (Wildman–Crippen MR) is 67.3 cm³/mol. The summed E-state index contributed by atoms with van der Waals surface area (Å²) in [6.07, 6.45) is 4.17. The maximum absolute atomic E-state index is 4.63. The highest BCUT2D eigenvalue weighted by Gasteiger charge is 1.99. The number of rotatable bonds is 4. The van der Waals surface area contributed by atoms with Crippen LogP contribution in [0.1, 0.15) is 39.2 Å². The number of aliphatic imine (C=N–C) groups is 1. The highest BCUT2D eigenvalue weighted by atomic mass is 14.7. The summed E-state index contributed by atoms with van der Waals surface area (Å²) in [6.45, 7) is 6.33. The highest BCUT2D eigenvalue weighted by Crippen LogP contribution is 2.08. The molecule has 0 spiro atoms. The Bertz CT molecular complexity index is 347. The van der Waals surface area contributed by atoms with Gasteiger partial charge in [0, 0.05) is 11.4 Å². The van der Waals surface area contributed by atoms with E-state index in [1.807, 2.05) is 6.07 Å². The average Bonchev–Trinajstić information content (AvgIpc) is 2.27. The van der Waals surface area contributed by atoms with E-state index in [9.17, 15) is 0 Å². The summed E-state index contributed by atoms with van der Waals surface area (Å²) in [7, 11) is 0. The van der Waals surface area contributed by atoms with E-state index in [1.165, 1.54) is 5.56 Å². The summed E-state index contributed by atoms with van der Waals surface area (Å²) in [5.74, 6) is 0. The van der Waals surface area contributed by atoms with E-state index in [0.717, 1.165) is 24.3 Å². The van der Waals surface area contributed by atoms with Crippen molar-refractivity contribution in [3.05, 3.63) is 47.7 Å². The van der Waals surface area contributed by atoms with Crippen molar-refractivity contribution >= 4 is 5.71 Å². The third-order valence-corrected chi connectivity index (χ3v) is 2.25. The van der Waals surface area contributed by atoms with E-state index >= 15 is 0 Å². The van der Waals surface area contributed by atoms with Gasteiger partial charge in [-0.15, -0.1) is 0 Å². The van der Waals surface area contributed by atoms with Gasteiger partial charge in [-0.3, -0.25) is 4.99 Å². The minimum atomic E-state index is 0.971. The normalized spacial score (nSPS) is 13.0. The fourth-order valence-corrected chi connectivity index (χ4v) is 1.53. The molecule has 1 nitrogen and oxygen atoms in total. The van der Waals surface area contributed by atoms with Crippen molar-refractivity contribution in [1.82, 2.24) is 0 Å². The van der Waals surface area contributed by atoms with Gasteiger partial charge in [-0.05, 0) is 25.3 Å². The summed E-state index contributed by atoms with van der Waals surface area (Å²) < 4.78 is 0. The van der Waals surface area contributed by atoms with Crippen LogP contribution < -0.4 is 0 Å². The van der Waals surface area contributed by atoms with E-state index in [4.69, 9.17) is 0 Å². The molecule has 0 heterocycles. The molecule has 0 saturated carbocycles. The summed E-state index contributed by atoms with van der Waals surface area (Å²) in [6, 6.07) is 10.4. The molecule has 1 heteroatoms. The molecule has 0 unspecified atom stereocenters. The van der Waals surface area contributed by atoms with E-state index in [1.54, 1.807) is 0 Å². The van der Waals surface area contributed by atoms with Crippen LogP contribution in [0.15, 0.2) is 47.1 Å². The van der Waals surface area contributed by atoms with Crippen LogP contribution in [0, 0.1) is 0 Å². The van der Waals surface area contributed by atoms with Crippen molar-refractivity contribution in [1.29, 1.82) is 0 Å². The first kappa shape index (κ1) is 11.7. The second-order valence-corrected chi connectivity index (χ2v) is 3.53. The molecular weight excluding hydrogens is 182 g/mol. The lowest BCUT2D eigenvalue weighted by Crippen LogP contribution is -1.98. The van der Waals surface area contributed by atoms with Gasteiger partial charge in [0.25, 0.3) is 0 Å². The van der Waals surface area contributed by atoms with Crippen LogP contribution in [-0.4, -0.2) is 5.71 Å². The minimum Gasteiger partial charge on any atom is -0.258 e. The number of allylic oxidation sites excluding steroid dienone is 2. The van der Waals surface area contributed by atoms with Crippen molar-refractivity contribution in [2.24, 2.45) is 4.99 Å². The maximum Gasteiger partial charge on any atom is 0.0476 e. The number of nitrogens with zero attached hydrogens (tertiary/aromatic N) is 1. The lowest BCUT2D eigenvalue weighted by Gasteiger charge is -2.03. The summed E-state index contributed by atoms with van der Waals surface area (Å²) in [5, 5.41) is 0. The van der Waals surface area contributed by atoms with Crippen molar-refractivity contribution in [2.75, 3.05) is 0 Å². The van der Waals surface area contributed by atoms with Crippen molar-refractivity contribution < 1.29 is 0 Å². The largest absolute Gasteiger partial charge is 0.258 e. The van der Waals surface area contributed by atoms with Crippen LogP contribution in [0.2, 0.25) is 0 Å². The zero-order valence-corrected chi connectivity index (χ0v) is 9.83. The standard InChI is InChI=1S/C14H19N/c1-4-9-12(3)15-14(5-2)13-10-7-6-8-11-13/h6-11H,4-5H2,1-3H3/b12-9+,15-14?. The van der Waals surface area contributed by atoms with Gasteiger partial charge >= 0.3 is 0 Å². The first-order valence-electron chi connectivity index (χ1n) is 5.57. The third kappa shape index (κ3) is 3.70. The Kier molecular flexibility index (Phi) is 4.82. The SMILES string of the molecule is CC/C=C(\C)N=C(CC)c1ccccc1. The quantitative estimate of drug-likeness (QED) is 0.647. The maximum atomic E-state index is 4.63. The van der Waals surface area contributed by atoms with Crippen LogP contribution >= 0.6 is 0 Å². The molecule has 0 aromatic heterocycles. The van der Waals surface area contributed by atoms with E-state index in [2.05, 4.69) is 56.1 Å². The average molecular weight is 201 g/mol. The van der Waals surface area contributed by atoms with Gasteiger partial charge in [0.2, 0.25) is 0 Å². The fraction of sp³-hybridized carbons (Fsp3) is 0.357. The zero-order valence-electron chi connectivity index (χ0n) is 9.83. The molecule has 0 aliphatic carbocycles. The van der Waals surface area contributed by atoms with Crippen molar-refractivity contribution in [3.63, 3.8) is 0 Å². The Morgan fingerprint density at radius 1 is 1.20 bits per heavy atom. The Labute approximate surface area is 92.6 Å². The van der Waals surface area contributed by atoms with Gasteiger partial charge in [0.15, 0.2) is 0 Å². The first-order chi connectivity index (χ1) is 7.27. The van der Waals surface area contributed by atoms with Gasteiger partial charge in [0.1, 0.15) is 0 Å². The molecule has 0 aliphatic heterocycles. The van der Waals surface area contributed by atoms with Gasteiger partial charge in [-0.1, -0.05) is 50.3 Å². The van der Waals surface area contributed by atoms with E-state index < -0.39 is 0 Å². The zero-order chi connectivity index (χ0) is 11.1. The second kappa shape index (κ2) is 6.18. The van der Waals surface area contributed by atoms with Crippen LogP contribution in [0.25, 0.3) is 0 Å². The molecule has 0 fully saturated rings. The summed E-state index contributed by atoms with van der Waals surface area (Å²) in [4.78, 5) is 4.63. The Morgan fingerprint density at radius 2 is 1.87 bits per heavy atom. The Balaban J connectivity index is 2.94. The number of benzene rings is 1. The molecule has 0 bridgehead atoms. The van der Waals surface area contributed by atoms with Gasteiger partial charge < -0.3 is 0 Å². The summed E-state index contributed by atoms with van der Waals surface area (Å²) >= 11 is 0. The molecule has 1 aromatic rings. The van der Waals surface area contributed by atoms with Crippen LogP contribution in [0.5, 0.6) is 0 Å². The lowest BCUT2D eigenvalue weighted by molar-refractivity contribution is 1.14. The van der Waals surface area contributed by atoms with E-state index in [0.29, 0.717) is 0 Å². The minimum absolute atomic E-state index is 0.971. The molecule has 1 aromatic carbocycles. The van der Waals surface area contributed by atoms with Gasteiger partial charge in [-0.2, -0.15) is 0 Å². The smallest absolute Gasteiger partial charge is 0.0476 e. The molecule has 80 valence electrons. The van der Waals surface area contributed by atoms with Crippen molar-refractivity contribution in [3.8, 4) is 0 Å². The van der Waals surface area contributed by atoms with E-state index in [-0.39, 0.29) is 0 Å². The number of hydrogen-bond donors (Lipinski definition) is 0. The highest BCUT2D eigenvalue weighted by molar-refractivity contribution is 6.00. The molecule has 0 saturated heterocycles. The third-order valence-electron chi connectivity index (χ3n) is 2.25. The van der Waals surface area contributed by atoms with Gasteiger partial charge in [-0.25, -0.2) is 0 Å². The molecule has 0 radical (unpaired) electrons. The number of hydrogen-bond acceptors (Lipinski definition) is 1.